The number of hydrogen-bond acceptors (Lipinski definition) is 1. The number of hydrogen-bond donors (Lipinski definition) is 1. The van der Waals surface area contributed by atoms with Crippen molar-refractivity contribution >= 4 is 0 Å². The van der Waals surface area contributed by atoms with Gasteiger partial charge in [-0.25, -0.2) is 0 Å². The van der Waals surface area contributed by atoms with Crippen LogP contribution in [0.3, 0.4) is 0 Å². The Bertz CT molecular complexity index is 72.6. The van der Waals surface area contributed by atoms with Crippen molar-refractivity contribution in [3.8, 4) is 0 Å². The van der Waals surface area contributed by atoms with Gasteiger partial charge >= 0.3 is 0 Å². The molecule has 1 rings (SSSR count). The molecule has 0 bridgehead atoms. The van der Waals surface area contributed by atoms with E-state index in [1.54, 1.807) is 0 Å². The van der Waals surface area contributed by atoms with Gasteiger partial charge in [-0.15, -0.1) is 0 Å². The minimum atomic E-state index is 0.670. The molecular weight excluding hydrogens is 110 g/mol. The first-order valence-corrected chi connectivity index (χ1v) is 4.02. The van der Waals surface area contributed by atoms with Crippen molar-refractivity contribution in [2.45, 2.75) is 39.2 Å². The molecule has 54 valence electrons. The van der Waals surface area contributed by atoms with Crippen LogP contribution in [0.15, 0.2) is 0 Å². The maximum absolute atomic E-state index is 3.42. The molecule has 1 N–H and O–H groups in total. The fraction of sp³-hybridized carbons (Fsp3) is 1.00. The maximum Gasteiger partial charge on any atom is 0.00103 e. The van der Waals surface area contributed by atoms with Crippen LogP contribution in [0.4, 0.5) is 0 Å². The van der Waals surface area contributed by atoms with Crippen LogP contribution in [0.25, 0.3) is 0 Å². The Morgan fingerprint density at radius 2 is 2.11 bits per heavy atom. The molecule has 0 aromatic rings. The third kappa shape index (κ3) is 3.52. The minimum Gasteiger partial charge on any atom is -0.315 e. The molecule has 0 saturated heterocycles. The van der Waals surface area contributed by atoms with E-state index in [0.717, 1.165) is 5.92 Å². The summed E-state index contributed by atoms with van der Waals surface area (Å²) in [5.41, 5.74) is 0. The molecule has 1 fully saturated rings. The summed E-state index contributed by atoms with van der Waals surface area (Å²) < 4.78 is 0. The zero-order valence-corrected chi connectivity index (χ0v) is 6.48. The van der Waals surface area contributed by atoms with E-state index in [1.807, 2.05) is 0 Å². The summed E-state index contributed by atoms with van der Waals surface area (Å²) in [7, 11) is 0. The summed E-state index contributed by atoms with van der Waals surface area (Å²) in [6.07, 6.45) is 4.37. The molecule has 0 spiro atoms. The lowest BCUT2D eigenvalue weighted by atomic mass is 10.3. The Morgan fingerprint density at radius 1 is 1.44 bits per heavy atom. The van der Waals surface area contributed by atoms with Gasteiger partial charge in [-0.2, -0.15) is 0 Å². The zero-order chi connectivity index (χ0) is 6.69. The van der Waals surface area contributed by atoms with Gasteiger partial charge in [0.1, 0.15) is 0 Å². The van der Waals surface area contributed by atoms with E-state index in [0.29, 0.717) is 6.04 Å². The monoisotopic (exact) mass is 127 g/mol. The molecule has 0 aromatic heterocycles. The SMILES string of the molecule is CC(C)NCCC1CC1. The van der Waals surface area contributed by atoms with E-state index in [-0.39, 0.29) is 0 Å². The van der Waals surface area contributed by atoms with Gasteiger partial charge in [-0.05, 0) is 18.9 Å². The third-order valence-corrected chi connectivity index (χ3v) is 1.80. The highest BCUT2D eigenvalue weighted by Gasteiger charge is 2.19. The van der Waals surface area contributed by atoms with Gasteiger partial charge in [0.25, 0.3) is 0 Å². The zero-order valence-electron chi connectivity index (χ0n) is 6.48. The Labute approximate surface area is 57.8 Å². The first-order chi connectivity index (χ1) is 4.29. The lowest BCUT2D eigenvalue weighted by molar-refractivity contribution is 0.550. The molecule has 9 heavy (non-hydrogen) atoms. The van der Waals surface area contributed by atoms with E-state index >= 15 is 0 Å². The summed E-state index contributed by atoms with van der Waals surface area (Å²) in [6, 6.07) is 0.670. The fourth-order valence-corrected chi connectivity index (χ4v) is 0.983. The van der Waals surface area contributed by atoms with Crippen LogP contribution in [0.5, 0.6) is 0 Å². The fourth-order valence-electron chi connectivity index (χ4n) is 0.983. The minimum absolute atomic E-state index is 0.670. The summed E-state index contributed by atoms with van der Waals surface area (Å²) >= 11 is 0. The highest BCUT2D eigenvalue weighted by atomic mass is 14.9. The highest BCUT2D eigenvalue weighted by Crippen LogP contribution is 2.31. The lowest BCUT2D eigenvalue weighted by Gasteiger charge is -2.05. The van der Waals surface area contributed by atoms with Gasteiger partial charge < -0.3 is 5.32 Å². The Hall–Kier alpha value is -0.0400. The molecule has 0 aliphatic heterocycles. The standard InChI is InChI=1S/C8H17N/c1-7(2)9-6-5-8-3-4-8/h7-9H,3-6H2,1-2H3. The average Bonchev–Trinajstić information content (AvgIpc) is 2.48. The van der Waals surface area contributed by atoms with E-state index < -0.39 is 0 Å². The van der Waals surface area contributed by atoms with Crippen LogP contribution in [0.2, 0.25) is 0 Å². The Morgan fingerprint density at radius 3 is 2.56 bits per heavy atom. The lowest BCUT2D eigenvalue weighted by Crippen LogP contribution is -2.23. The topological polar surface area (TPSA) is 12.0 Å². The molecule has 0 atom stereocenters. The van der Waals surface area contributed by atoms with E-state index in [2.05, 4.69) is 19.2 Å². The number of rotatable bonds is 4. The van der Waals surface area contributed by atoms with Gasteiger partial charge in [0.05, 0.1) is 0 Å². The van der Waals surface area contributed by atoms with Crippen LogP contribution in [0, 0.1) is 5.92 Å². The van der Waals surface area contributed by atoms with Gasteiger partial charge in [0.15, 0.2) is 0 Å². The van der Waals surface area contributed by atoms with Gasteiger partial charge in [0.2, 0.25) is 0 Å². The van der Waals surface area contributed by atoms with Crippen LogP contribution in [-0.2, 0) is 0 Å². The first-order valence-electron chi connectivity index (χ1n) is 4.02. The van der Waals surface area contributed by atoms with Crippen molar-refractivity contribution in [3.05, 3.63) is 0 Å². The van der Waals surface area contributed by atoms with Crippen LogP contribution in [0.1, 0.15) is 33.1 Å². The summed E-state index contributed by atoms with van der Waals surface area (Å²) in [4.78, 5) is 0. The van der Waals surface area contributed by atoms with Crippen molar-refractivity contribution in [1.29, 1.82) is 0 Å². The summed E-state index contributed by atoms with van der Waals surface area (Å²) in [6.45, 7) is 5.63. The van der Waals surface area contributed by atoms with Gasteiger partial charge in [-0.1, -0.05) is 26.7 Å². The molecule has 1 nitrogen and oxygen atoms in total. The predicted molar refractivity (Wildman–Crippen MR) is 40.5 cm³/mol. The molecular formula is C8H17N. The molecule has 0 heterocycles. The quantitative estimate of drug-likeness (QED) is 0.607. The average molecular weight is 127 g/mol. The van der Waals surface area contributed by atoms with Crippen LogP contribution >= 0.6 is 0 Å². The summed E-state index contributed by atoms with van der Waals surface area (Å²) in [5, 5.41) is 3.42. The highest BCUT2D eigenvalue weighted by molar-refractivity contribution is 4.73. The van der Waals surface area contributed by atoms with E-state index in [9.17, 15) is 0 Å². The van der Waals surface area contributed by atoms with E-state index in [4.69, 9.17) is 0 Å². The molecule has 1 heteroatoms. The molecule has 0 amide bonds. The van der Waals surface area contributed by atoms with E-state index in [1.165, 1.54) is 25.8 Å². The van der Waals surface area contributed by atoms with Crippen LogP contribution in [-0.4, -0.2) is 12.6 Å². The second kappa shape index (κ2) is 3.21. The first kappa shape index (κ1) is 7.07. The number of nitrogens with one attached hydrogen (secondary N) is 1. The van der Waals surface area contributed by atoms with Crippen molar-refractivity contribution in [2.24, 2.45) is 5.92 Å². The van der Waals surface area contributed by atoms with Crippen molar-refractivity contribution in [3.63, 3.8) is 0 Å². The molecule has 1 saturated carbocycles. The molecule has 1 aliphatic rings. The van der Waals surface area contributed by atoms with Crippen molar-refractivity contribution in [1.82, 2.24) is 5.32 Å². The molecule has 1 aliphatic carbocycles. The summed E-state index contributed by atoms with van der Waals surface area (Å²) in [5.74, 6) is 1.08. The molecule has 0 aromatic carbocycles. The largest absolute Gasteiger partial charge is 0.315 e. The van der Waals surface area contributed by atoms with Crippen molar-refractivity contribution < 1.29 is 0 Å². The smallest absolute Gasteiger partial charge is 0.00103 e. The second-order valence-corrected chi connectivity index (χ2v) is 3.34. The molecule has 0 unspecified atom stereocenters. The predicted octanol–water partition coefficient (Wildman–Crippen LogP) is 1.78. The normalized spacial score (nSPS) is 19.0. The van der Waals surface area contributed by atoms with Gasteiger partial charge in [-0.3, -0.25) is 0 Å². The Kier molecular flexibility index (Phi) is 2.52. The maximum atomic E-state index is 3.42. The van der Waals surface area contributed by atoms with Crippen LogP contribution < -0.4 is 5.32 Å². The second-order valence-electron chi connectivity index (χ2n) is 3.34. The molecule has 0 radical (unpaired) electrons. The van der Waals surface area contributed by atoms with Gasteiger partial charge in [0, 0.05) is 6.04 Å². The third-order valence-electron chi connectivity index (χ3n) is 1.80. The van der Waals surface area contributed by atoms with Crippen molar-refractivity contribution in [2.75, 3.05) is 6.54 Å². The Balaban J connectivity index is 1.81.